The summed E-state index contributed by atoms with van der Waals surface area (Å²) in [5, 5.41) is 26.5. The van der Waals surface area contributed by atoms with E-state index in [9.17, 15) is 34.2 Å². The van der Waals surface area contributed by atoms with Gasteiger partial charge in [-0.2, -0.15) is 0 Å². The molecule has 2 N–H and O–H groups in total. The number of aliphatic hydroxyl groups is 1. The standard InChI is InChI=1S/C28H33NO8/c1-13(29-37-25(3,4)5)15-8-9-17(31)20-16(15)10-26(6)12-27(7)11-18(32)19(14(2)30)23(34)28(27,36)24(35)21(26)22(20)33/h8-9,19,21,31,36H,10-12H2,1-7H3/t19?,21?,26-,27+,28+/m0/s1. The molecule has 2 unspecified atom stereocenters. The Labute approximate surface area is 215 Å². The Balaban J connectivity index is 1.88. The number of nitrogens with zero attached hydrogens (tertiary/aromatic N) is 1. The Kier molecular flexibility index (Phi) is 5.91. The van der Waals surface area contributed by atoms with Crippen molar-refractivity contribution in [2.24, 2.45) is 27.8 Å². The van der Waals surface area contributed by atoms with Crippen molar-refractivity contribution in [1.82, 2.24) is 0 Å². The molecule has 4 rings (SSSR count). The molecule has 0 spiro atoms. The van der Waals surface area contributed by atoms with Gasteiger partial charge in [-0.15, -0.1) is 0 Å². The van der Waals surface area contributed by atoms with Gasteiger partial charge >= 0.3 is 0 Å². The lowest BCUT2D eigenvalue weighted by molar-refractivity contribution is -0.193. The summed E-state index contributed by atoms with van der Waals surface area (Å²) in [7, 11) is 0. The Morgan fingerprint density at radius 3 is 2.24 bits per heavy atom. The number of hydrogen-bond donors (Lipinski definition) is 2. The Morgan fingerprint density at radius 2 is 1.68 bits per heavy atom. The SMILES string of the molecule is CC(=O)C1C(=O)C[C@]2(C)C[C@]3(C)Cc4c(C(C)=NOC(C)(C)C)ccc(O)c4C(=O)C3C(=O)[C@]2(O)C1=O. The van der Waals surface area contributed by atoms with Gasteiger partial charge in [0.05, 0.1) is 17.2 Å². The van der Waals surface area contributed by atoms with Gasteiger partial charge in [-0.3, -0.25) is 24.0 Å². The van der Waals surface area contributed by atoms with E-state index >= 15 is 0 Å². The van der Waals surface area contributed by atoms with Gasteiger partial charge < -0.3 is 15.1 Å². The minimum Gasteiger partial charge on any atom is -0.507 e. The van der Waals surface area contributed by atoms with Crippen LogP contribution in [0.2, 0.25) is 0 Å². The normalized spacial score (nSPS) is 34.0. The Bertz CT molecular complexity index is 1300. The van der Waals surface area contributed by atoms with Crippen LogP contribution in [0.25, 0.3) is 0 Å². The van der Waals surface area contributed by atoms with E-state index in [2.05, 4.69) is 5.16 Å². The van der Waals surface area contributed by atoms with Gasteiger partial charge in [-0.1, -0.05) is 19.0 Å². The highest BCUT2D eigenvalue weighted by Gasteiger charge is 2.73. The summed E-state index contributed by atoms with van der Waals surface area (Å²) in [4.78, 5) is 71.6. The molecule has 0 saturated heterocycles. The predicted molar refractivity (Wildman–Crippen MR) is 132 cm³/mol. The number of benzene rings is 1. The molecule has 3 aliphatic rings. The van der Waals surface area contributed by atoms with E-state index in [0.717, 1.165) is 6.92 Å². The van der Waals surface area contributed by atoms with Crippen LogP contribution in [0.3, 0.4) is 0 Å². The van der Waals surface area contributed by atoms with Crippen LogP contribution in [0.15, 0.2) is 17.3 Å². The number of Topliss-reactive ketones (excluding diaryl/α,β-unsaturated/α-hetero) is 5. The van der Waals surface area contributed by atoms with Crippen molar-refractivity contribution in [3.05, 3.63) is 28.8 Å². The number of fused-ring (bicyclic) bond motifs is 3. The Hall–Kier alpha value is -3.20. The first-order valence-electron chi connectivity index (χ1n) is 12.3. The monoisotopic (exact) mass is 511 g/mol. The van der Waals surface area contributed by atoms with E-state index in [-0.39, 0.29) is 30.6 Å². The van der Waals surface area contributed by atoms with Crippen LogP contribution in [-0.2, 0) is 30.4 Å². The van der Waals surface area contributed by atoms with Gasteiger partial charge in [0.25, 0.3) is 0 Å². The lowest BCUT2D eigenvalue weighted by Crippen LogP contribution is -2.73. The molecule has 0 aromatic heterocycles. The largest absolute Gasteiger partial charge is 0.507 e. The Morgan fingerprint density at radius 1 is 1.05 bits per heavy atom. The molecule has 2 saturated carbocycles. The molecule has 1 aromatic rings. The van der Waals surface area contributed by atoms with E-state index < -0.39 is 62.8 Å². The fourth-order valence-electron chi connectivity index (χ4n) is 6.64. The van der Waals surface area contributed by atoms with Crippen LogP contribution in [0.5, 0.6) is 5.75 Å². The van der Waals surface area contributed by atoms with Crippen molar-refractivity contribution in [3.8, 4) is 5.75 Å². The first-order chi connectivity index (χ1) is 16.9. The molecule has 0 aliphatic heterocycles. The second kappa shape index (κ2) is 8.15. The van der Waals surface area contributed by atoms with Crippen molar-refractivity contribution in [3.63, 3.8) is 0 Å². The molecule has 0 bridgehead atoms. The molecule has 0 radical (unpaired) electrons. The molecule has 0 heterocycles. The van der Waals surface area contributed by atoms with Gasteiger partial charge in [0.2, 0.25) is 0 Å². The maximum Gasteiger partial charge on any atom is 0.190 e. The second-order valence-electron chi connectivity index (χ2n) is 12.4. The quantitative estimate of drug-likeness (QED) is 0.358. The van der Waals surface area contributed by atoms with E-state index in [0.29, 0.717) is 16.8 Å². The third-order valence-electron chi connectivity index (χ3n) is 8.12. The molecular formula is C28H33NO8. The van der Waals surface area contributed by atoms with Crippen molar-refractivity contribution in [2.45, 2.75) is 78.9 Å². The lowest BCUT2D eigenvalue weighted by Gasteiger charge is -2.58. The highest BCUT2D eigenvalue weighted by atomic mass is 16.6. The van der Waals surface area contributed by atoms with E-state index in [1.54, 1.807) is 19.9 Å². The molecule has 198 valence electrons. The number of phenols is 1. The summed E-state index contributed by atoms with van der Waals surface area (Å²) in [6.07, 6.45) is -0.188. The van der Waals surface area contributed by atoms with Crippen LogP contribution in [0.4, 0.5) is 0 Å². The molecule has 3 aliphatic carbocycles. The van der Waals surface area contributed by atoms with E-state index in [4.69, 9.17) is 4.84 Å². The summed E-state index contributed by atoms with van der Waals surface area (Å²) < 4.78 is 0. The zero-order chi connectivity index (χ0) is 27.9. The van der Waals surface area contributed by atoms with Gasteiger partial charge in [-0.25, -0.2) is 0 Å². The summed E-state index contributed by atoms with van der Waals surface area (Å²) in [6, 6.07) is 2.97. The highest BCUT2D eigenvalue weighted by Crippen LogP contribution is 2.61. The van der Waals surface area contributed by atoms with Gasteiger partial charge in [0.1, 0.15) is 23.1 Å². The summed E-state index contributed by atoms with van der Waals surface area (Å²) >= 11 is 0. The minimum atomic E-state index is -2.67. The summed E-state index contributed by atoms with van der Waals surface area (Å²) in [5.41, 5.74) is -4.33. The number of hydrogen-bond acceptors (Lipinski definition) is 9. The van der Waals surface area contributed by atoms with E-state index in [1.165, 1.54) is 13.0 Å². The minimum absolute atomic E-state index is 0.00394. The third-order valence-corrected chi connectivity index (χ3v) is 8.12. The number of phenolic OH excluding ortho intramolecular Hbond substituents is 1. The van der Waals surface area contributed by atoms with Crippen molar-refractivity contribution in [2.75, 3.05) is 0 Å². The summed E-state index contributed by atoms with van der Waals surface area (Å²) in [5.74, 6) is -7.78. The molecular weight excluding hydrogens is 478 g/mol. The first kappa shape index (κ1) is 26.9. The molecule has 9 nitrogen and oxygen atoms in total. The number of aromatic hydroxyl groups is 1. The topological polar surface area (TPSA) is 147 Å². The summed E-state index contributed by atoms with van der Waals surface area (Å²) in [6.45, 7) is 11.5. The van der Waals surface area contributed by atoms with Crippen molar-refractivity contribution in [1.29, 1.82) is 0 Å². The number of carbonyl (C=O) groups excluding carboxylic acids is 5. The van der Waals surface area contributed by atoms with Crippen LogP contribution in [-0.4, -0.2) is 56.0 Å². The van der Waals surface area contributed by atoms with Crippen LogP contribution < -0.4 is 0 Å². The maximum atomic E-state index is 13.9. The fourth-order valence-corrected chi connectivity index (χ4v) is 6.64. The maximum absolute atomic E-state index is 13.9. The molecule has 37 heavy (non-hydrogen) atoms. The average molecular weight is 512 g/mol. The van der Waals surface area contributed by atoms with E-state index in [1.807, 2.05) is 20.8 Å². The van der Waals surface area contributed by atoms with Gasteiger partial charge in [0.15, 0.2) is 28.7 Å². The molecule has 0 amide bonds. The average Bonchev–Trinajstić information content (AvgIpc) is 2.73. The number of oxime groups is 1. The highest BCUT2D eigenvalue weighted by molar-refractivity contribution is 6.32. The van der Waals surface area contributed by atoms with Crippen LogP contribution in [0.1, 0.15) is 82.8 Å². The molecule has 2 fully saturated rings. The second-order valence-corrected chi connectivity index (χ2v) is 12.4. The van der Waals surface area contributed by atoms with Gasteiger partial charge in [-0.05, 0) is 70.6 Å². The molecule has 9 heteroatoms. The third kappa shape index (κ3) is 3.77. The van der Waals surface area contributed by atoms with Crippen molar-refractivity contribution < 1.29 is 39.0 Å². The fraction of sp³-hybridized carbons (Fsp3) is 0.571. The van der Waals surface area contributed by atoms with Crippen LogP contribution in [0, 0.1) is 22.7 Å². The zero-order valence-corrected chi connectivity index (χ0v) is 22.2. The first-order valence-corrected chi connectivity index (χ1v) is 12.3. The number of rotatable bonds is 3. The number of ketones is 5. The smallest absolute Gasteiger partial charge is 0.190 e. The zero-order valence-electron chi connectivity index (χ0n) is 22.2. The van der Waals surface area contributed by atoms with Crippen molar-refractivity contribution >= 4 is 34.6 Å². The van der Waals surface area contributed by atoms with Crippen LogP contribution >= 0.6 is 0 Å². The molecule has 1 aromatic carbocycles. The van der Waals surface area contributed by atoms with Gasteiger partial charge in [0, 0.05) is 17.4 Å². The molecule has 5 atom stereocenters. The predicted octanol–water partition coefficient (Wildman–Crippen LogP) is 2.75. The lowest BCUT2D eigenvalue weighted by atomic mass is 9.43. The number of carbonyl (C=O) groups is 5.